The molecule has 0 radical (unpaired) electrons. The molecule has 0 saturated heterocycles. The van der Waals surface area contributed by atoms with Crippen LogP contribution in [0.4, 0.5) is 10.6 Å². The Hall–Kier alpha value is -2.85. The summed E-state index contributed by atoms with van der Waals surface area (Å²) in [7, 11) is 1.58. The summed E-state index contributed by atoms with van der Waals surface area (Å²) < 4.78 is 13.1. The zero-order chi connectivity index (χ0) is 22.6. The predicted molar refractivity (Wildman–Crippen MR) is 121 cm³/mol. The number of ether oxygens (including phenoxy) is 2. The SMILES string of the molecule is COc1cc(CO)c(-c2cn3ccc(NCCNC(=O)OC(C)(C)C)nc3n2)cc1Br. The molecule has 0 aliphatic carbocycles. The van der Waals surface area contributed by atoms with E-state index in [0.717, 1.165) is 10.0 Å². The van der Waals surface area contributed by atoms with Crippen molar-refractivity contribution in [2.24, 2.45) is 0 Å². The number of nitrogens with one attached hydrogen (secondary N) is 2. The Morgan fingerprint density at radius 2 is 2.03 bits per heavy atom. The van der Waals surface area contributed by atoms with E-state index in [4.69, 9.17) is 9.47 Å². The molecule has 0 unspecified atom stereocenters. The Bertz CT molecular complexity index is 1080. The molecule has 3 aromatic rings. The number of aliphatic hydroxyl groups is 1. The molecule has 0 saturated carbocycles. The van der Waals surface area contributed by atoms with Gasteiger partial charge in [0.2, 0.25) is 5.78 Å². The van der Waals surface area contributed by atoms with Crippen LogP contribution in [0.5, 0.6) is 5.75 Å². The first-order chi connectivity index (χ1) is 14.7. The molecule has 2 heterocycles. The Kier molecular flexibility index (Phi) is 7.01. The van der Waals surface area contributed by atoms with Crippen LogP contribution in [0.3, 0.4) is 0 Å². The average Bonchev–Trinajstić information content (AvgIpc) is 3.13. The number of anilines is 1. The third kappa shape index (κ3) is 5.86. The van der Waals surface area contributed by atoms with Crippen molar-refractivity contribution in [3.05, 3.63) is 40.6 Å². The fourth-order valence-corrected chi connectivity index (χ4v) is 3.40. The normalized spacial score (nSPS) is 11.4. The van der Waals surface area contributed by atoms with Crippen LogP contribution in [0.1, 0.15) is 26.3 Å². The number of alkyl carbamates (subject to hydrolysis) is 1. The van der Waals surface area contributed by atoms with Crippen molar-refractivity contribution in [1.82, 2.24) is 19.7 Å². The smallest absolute Gasteiger partial charge is 0.407 e. The summed E-state index contributed by atoms with van der Waals surface area (Å²) in [5.74, 6) is 1.78. The monoisotopic (exact) mass is 491 g/mol. The third-order valence-corrected chi connectivity index (χ3v) is 4.87. The Morgan fingerprint density at radius 3 is 2.71 bits per heavy atom. The topological polar surface area (TPSA) is 110 Å². The summed E-state index contributed by atoms with van der Waals surface area (Å²) in [5.41, 5.74) is 1.65. The molecule has 3 N–H and O–H groups in total. The molecule has 1 amide bonds. The van der Waals surface area contributed by atoms with Crippen LogP contribution >= 0.6 is 15.9 Å². The molecule has 9 nitrogen and oxygen atoms in total. The number of methoxy groups -OCH3 is 1. The van der Waals surface area contributed by atoms with Gasteiger partial charge in [-0.15, -0.1) is 0 Å². The highest BCUT2D eigenvalue weighted by atomic mass is 79.9. The number of imidazole rings is 1. The van der Waals surface area contributed by atoms with Gasteiger partial charge in [-0.25, -0.2) is 9.78 Å². The number of aliphatic hydroxyl groups excluding tert-OH is 1. The molecule has 0 atom stereocenters. The summed E-state index contributed by atoms with van der Waals surface area (Å²) in [4.78, 5) is 20.8. The third-order valence-electron chi connectivity index (χ3n) is 4.25. The number of aromatic nitrogens is 3. The van der Waals surface area contributed by atoms with Crippen molar-refractivity contribution in [1.29, 1.82) is 0 Å². The number of rotatable bonds is 7. The lowest BCUT2D eigenvalue weighted by molar-refractivity contribution is 0.0530. The lowest BCUT2D eigenvalue weighted by Gasteiger charge is -2.19. The first-order valence-electron chi connectivity index (χ1n) is 9.74. The number of fused-ring (bicyclic) bond motifs is 1. The molecule has 0 fully saturated rings. The largest absolute Gasteiger partial charge is 0.496 e. The van der Waals surface area contributed by atoms with E-state index in [2.05, 4.69) is 36.5 Å². The highest BCUT2D eigenvalue weighted by Crippen LogP contribution is 2.34. The summed E-state index contributed by atoms with van der Waals surface area (Å²) in [6.45, 7) is 6.18. The van der Waals surface area contributed by atoms with E-state index in [1.54, 1.807) is 17.6 Å². The second kappa shape index (κ2) is 9.52. The van der Waals surface area contributed by atoms with E-state index in [0.29, 0.717) is 41.7 Å². The maximum Gasteiger partial charge on any atom is 0.407 e. The van der Waals surface area contributed by atoms with Crippen molar-refractivity contribution < 1.29 is 19.4 Å². The van der Waals surface area contributed by atoms with Gasteiger partial charge in [0.1, 0.15) is 17.2 Å². The van der Waals surface area contributed by atoms with Crippen molar-refractivity contribution in [3.63, 3.8) is 0 Å². The molecule has 1 aromatic carbocycles. The molecule has 0 aliphatic heterocycles. The molecular formula is C21H26BrN5O4. The fraction of sp³-hybridized carbons (Fsp3) is 0.381. The van der Waals surface area contributed by atoms with Crippen LogP contribution in [0.15, 0.2) is 35.1 Å². The average molecular weight is 492 g/mol. The Labute approximate surface area is 188 Å². The molecule has 0 aliphatic rings. The van der Waals surface area contributed by atoms with Gasteiger partial charge in [0.15, 0.2) is 0 Å². The number of carbonyl (C=O) groups is 1. The van der Waals surface area contributed by atoms with Gasteiger partial charge >= 0.3 is 6.09 Å². The number of halogens is 1. The van der Waals surface area contributed by atoms with Gasteiger partial charge in [-0.1, -0.05) is 0 Å². The number of amides is 1. The Morgan fingerprint density at radius 1 is 1.26 bits per heavy atom. The maximum atomic E-state index is 11.7. The lowest BCUT2D eigenvalue weighted by Crippen LogP contribution is -2.35. The summed E-state index contributed by atoms with van der Waals surface area (Å²) >= 11 is 3.48. The van der Waals surface area contributed by atoms with Crippen LogP contribution in [-0.2, 0) is 11.3 Å². The van der Waals surface area contributed by atoms with Gasteiger partial charge in [-0.05, 0) is 60.5 Å². The first kappa shape index (κ1) is 22.8. The van der Waals surface area contributed by atoms with Crippen LogP contribution < -0.4 is 15.4 Å². The quantitative estimate of drug-likeness (QED) is 0.433. The molecule has 3 rings (SSSR count). The highest BCUT2D eigenvalue weighted by molar-refractivity contribution is 9.10. The van der Waals surface area contributed by atoms with Gasteiger partial charge in [0.05, 0.1) is 23.9 Å². The molecule has 0 bridgehead atoms. The van der Waals surface area contributed by atoms with Crippen LogP contribution in [0.2, 0.25) is 0 Å². The number of nitrogens with zero attached hydrogens (tertiary/aromatic N) is 3. The molecular weight excluding hydrogens is 466 g/mol. The fourth-order valence-electron chi connectivity index (χ4n) is 2.89. The first-order valence-corrected chi connectivity index (χ1v) is 10.5. The Balaban J connectivity index is 1.70. The van der Waals surface area contributed by atoms with E-state index in [9.17, 15) is 9.90 Å². The summed E-state index contributed by atoms with van der Waals surface area (Å²) in [6.07, 6.45) is 3.24. The highest BCUT2D eigenvalue weighted by Gasteiger charge is 2.16. The van der Waals surface area contributed by atoms with Crippen molar-refractivity contribution in [2.45, 2.75) is 33.0 Å². The number of benzene rings is 1. The van der Waals surface area contributed by atoms with E-state index < -0.39 is 11.7 Å². The van der Waals surface area contributed by atoms with E-state index in [1.165, 1.54) is 0 Å². The minimum atomic E-state index is -0.530. The van der Waals surface area contributed by atoms with E-state index in [1.807, 2.05) is 45.3 Å². The zero-order valence-electron chi connectivity index (χ0n) is 17.9. The van der Waals surface area contributed by atoms with E-state index in [-0.39, 0.29) is 6.61 Å². The van der Waals surface area contributed by atoms with E-state index >= 15 is 0 Å². The number of hydrogen-bond acceptors (Lipinski definition) is 7. The molecule has 31 heavy (non-hydrogen) atoms. The number of hydrogen-bond donors (Lipinski definition) is 3. The van der Waals surface area contributed by atoms with Gasteiger partial charge in [0.25, 0.3) is 0 Å². The lowest BCUT2D eigenvalue weighted by atomic mass is 10.1. The molecule has 2 aromatic heterocycles. The summed E-state index contributed by atoms with van der Waals surface area (Å²) in [5, 5.41) is 15.6. The molecule has 0 spiro atoms. The van der Waals surface area contributed by atoms with Crippen molar-refractivity contribution in [3.8, 4) is 17.0 Å². The van der Waals surface area contributed by atoms with Crippen LogP contribution in [0, 0.1) is 0 Å². The minimum Gasteiger partial charge on any atom is -0.496 e. The molecule has 166 valence electrons. The zero-order valence-corrected chi connectivity index (χ0v) is 19.5. The molecule has 10 heteroatoms. The van der Waals surface area contributed by atoms with Gasteiger partial charge in [-0.2, -0.15) is 4.98 Å². The standard InChI is InChI=1S/C21H26BrN5O4/c1-21(2,3)31-20(29)24-7-6-23-18-5-8-27-11-16(25-19(27)26-18)14-10-15(22)17(30-4)9-13(14)12-28/h5,8-11,28H,6-7,12H2,1-4H3,(H,24,29)(H,23,25,26). The van der Waals surface area contributed by atoms with Gasteiger partial charge in [0, 0.05) is 31.0 Å². The van der Waals surface area contributed by atoms with Crippen LogP contribution in [-0.4, -0.2) is 51.4 Å². The minimum absolute atomic E-state index is 0.141. The van der Waals surface area contributed by atoms with Gasteiger partial charge in [-0.3, -0.25) is 4.40 Å². The van der Waals surface area contributed by atoms with Crippen molar-refractivity contribution in [2.75, 3.05) is 25.5 Å². The van der Waals surface area contributed by atoms with Crippen LogP contribution in [0.25, 0.3) is 17.0 Å². The second-order valence-electron chi connectivity index (χ2n) is 7.80. The predicted octanol–water partition coefficient (Wildman–Crippen LogP) is 3.60. The summed E-state index contributed by atoms with van der Waals surface area (Å²) in [6, 6.07) is 5.47. The maximum absolute atomic E-state index is 11.7. The second-order valence-corrected chi connectivity index (χ2v) is 8.66. The van der Waals surface area contributed by atoms with Gasteiger partial charge < -0.3 is 25.2 Å². The van der Waals surface area contributed by atoms with Crippen molar-refractivity contribution >= 4 is 33.6 Å². The number of carbonyl (C=O) groups excluding carboxylic acids is 1.